The van der Waals surface area contributed by atoms with Crippen LogP contribution in [0.1, 0.15) is 25.8 Å². The number of hydrogen-bond acceptors (Lipinski definition) is 4. The van der Waals surface area contributed by atoms with Crippen molar-refractivity contribution in [3.05, 3.63) is 39.7 Å². The van der Waals surface area contributed by atoms with Gasteiger partial charge in [0.1, 0.15) is 6.04 Å². The number of aliphatic carboxylic acids is 1. The first-order valence-corrected chi connectivity index (χ1v) is 6.20. The van der Waals surface area contributed by atoms with E-state index in [0.717, 1.165) is 12.1 Å². The van der Waals surface area contributed by atoms with Crippen LogP contribution in [0.15, 0.2) is 18.2 Å². The summed E-state index contributed by atoms with van der Waals surface area (Å²) >= 11 is 0. The smallest absolute Gasteiger partial charge is 0.320 e. The molecule has 0 amide bonds. The summed E-state index contributed by atoms with van der Waals surface area (Å²) in [7, 11) is 0. The summed E-state index contributed by atoms with van der Waals surface area (Å²) in [4.78, 5) is 20.7. The van der Waals surface area contributed by atoms with Crippen molar-refractivity contribution in [1.82, 2.24) is 5.32 Å². The molecule has 0 radical (unpaired) electrons. The van der Waals surface area contributed by atoms with Gasteiger partial charge in [-0.05, 0) is 24.0 Å². The number of nitrogens with zero attached hydrogens (tertiary/aromatic N) is 1. The number of halogens is 1. The van der Waals surface area contributed by atoms with Crippen LogP contribution in [-0.4, -0.2) is 22.0 Å². The second-order valence-electron chi connectivity index (χ2n) is 4.94. The van der Waals surface area contributed by atoms with Gasteiger partial charge < -0.3 is 10.4 Å². The first kappa shape index (κ1) is 16.0. The fraction of sp³-hybridized carbons (Fsp3) is 0.462. The molecule has 0 saturated heterocycles. The molecule has 0 spiro atoms. The van der Waals surface area contributed by atoms with Gasteiger partial charge in [0.25, 0.3) is 0 Å². The molecule has 7 heteroatoms. The fourth-order valence-corrected chi connectivity index (χ4v) is 1.79. The molecule has 6 nitrogen and oxygen atoms in total. The average molecular weight is 284 g/mol. The molecule has 0 bridgehead atoms. The molecule has 0 aliphatic carbocycles. The van der Waals surface area contributed by atoms with Gasteiger partial charge in [0, 0.05) is 12.6 Å². The fourth-order valence-electron chi connectivity index (χ4n) is 1.79. The molecule has 1 unspecified atom stereocenters. The van der Waals surface area contributed by atoms with Gasteiger partial charge in [0.05, 0.1) is 4.92 Å². The minimum absolute atomic E-state index is 0.138. The third-order valence-corrected chi connectivity index (χ3v) is 2.77. The maximum atomic E-state index is 13.4. The number of benzene rings is 1. The summed E-state index contributed by atoms with van der Waals surface area (Å²) in [6.07, 6.45) is 0.449. The second kappa shape index (κ2) is 6.95. The Labute approximate surface area is 115 Å². The third kappa shape index (κ3) is 4.58. The van der Waals surface area contributed by atoms with Crippen LogP contribution in [0.2, 0.25) is 0 Å². The highest BCUT2D eigenvalue weighted by Crippen LogP contribution is 2.18. The van der Waals surface area contributed by atoms with Gasteiger partial charge in [-0.15, -0.1) is 0 Å². The number of rotatable bonds is 7. The van der Waals surface area contributed by atoms with Gasteiger partial charge in [0.2, 0.25) is 5.82 Å². The molecule has 0 saturated carbocycles. The van der Waals surface area contributed by atoms with E-state index in [1.54, 1.807) is 0 Å². The van der Waals surface area contributed by atoms with Crippen molar-refractivity contribution >= 4 is 11.7 Å². The lowest BCUT2D eigenvalue weighted by atomic mass is 10.0. The van der Waals surface area contributed by atoms with Gasteiger partial charge in [0.15, 0.2) is 0 Å². The van der Waals surface area contributed by atoms with Crippen LogP contribution in [0.3, 0.4) is 0 Å². The number of nitrogens with one attached hydrogen (secondary N) is 1. The highest BCUT2D eigenvalue weighted by Gasteiger charge is 2.19. The number of nitro benzene ring substituents is 1. The van der Waals surface area contributed by atoms with Crippen molar-refractivity contribution in [1.29, 1.82) is 0 Å². The standard InChI is InChI=1S/C13H17FN2O4/c1-8(2)5-11(13(17)18)15-7-9-3-4-12(16(19)20)10(14)6-9/h3-4,6,8,11,15H,5,7H2,1-2H3,(H,17,18). The molecular formula is C13H17FN2O4. The molecule has 0 aliphatic heterocycles. The van der Waals surface area contributed by atoms with E-state index in [1.165, 1.54) is 6.07 Å². The van der Waals surface area contributed by atoms with E-state index in [0.29, 0.717) is 12.0 Å². The molecule has 1 aromatic carbocycles. The first-order valence-electron chi connectivity index (χ1n) is 6.20. The van der Waals surface area contributed by atoms with Crippen molar-refractivity contribution in [3.8, 4) is 0 Å². The predicted molar refractivity (Wildman–Crippen MR) is 70.8 cm³/mol. The van der Waals surface area contributed by atoms with Crippen LogP contribution in [-0.2, 0) is 11.3 Å². The van der Waals surface area contributed by atoms with E-state index >= 15 is 0 Å². The van der Waals surface area contributed by atoms with Gasteiger partial charge in [-0.2, -0.15) is 4.39 Å². The van der Waals surface area contributed by atoms with Crippen molar-refractivity contribution in [3.63, 3.8) is 0 Å². The zero-order valence-electron chi connectivity index (χ0n) is 11.3. The Morgan fingerprint density at radius 1 is 1.50 bits per heavy atom. The molecule has 1 rings (SSSR count). The monoisotopic (exact) mass is 284 g/mol. The lowest BCUT2D eigenvalue weighted by molar-refractivity contribution is -0.387. The maximum absolute atomic E-state index is 13.4. The molecule has 0 heterocycles. The van der Waals surface area contributed by atoms with Crippen molar-refractivity contribution in [2.24, 2.45) is 5.92 Å². The quantitative estimate of drug-likeness (QED) is 0.592. The normalized spacial score (nSPS) is 12.4. The number of carboxylic acids is 1. The Kier molecular flexibility index (Phi) is 5.57. The summed E-state index contributed by atoms with van der Waals surface area (Å²) < 4.78 is 13.4. The minimum Gasteiger partial charge on any atom is -0.480 e. The van der Waals surface area contributed by atoms with E-state index in [4.69, 9.17) is 5.11 Å². The zero-order chi connectivity index (χ0) is 15.3. The number of hydrogen-bond donors (Lipinski definition) is 2. The summed E-state index contributed by atoms with van der Waals surface area (Å²) in [5.41, 5.74) is -0.131. The topological polar surface area (TPSA) is 92.5 Å². The number of carbonyl (C=O) groups is 1. The Balaban J connectivity index is 2.71. The molecule has 0 fully saturated rings. The van der Waals surface area contributed by atoms with Gasteiger partial charge in [-0.1, -0.05) is 19.9 Å². The summed E-state index contributed by atoms with van der Waals surface area (Å²) in [5.74, 6) is -1.69. The minimum atomic E-state index is -0.971. The third-order valence-electron chi connectivity index (χ3n) is 2.77. The molecule has 1 aromatic rings. The van der Waals surface area contributed by atoms with E-state index in [-0.39, 0.29) is 12.5 Å². The lowest BCUT2D eigenvalue weighted by Crippen LogP contribution is -2.37. The van der Waals surface area contributed by atoms with Crippen molar-refractivity contribution in [2.45, 2.75) is 32.9 Å². The molecule has 0 aromatic heterocycles. The van der Waals surface area contributed by atoms with Gasteiger partial charge >= 0.3 is 11.7 Å². The highest BCUT2D eigenvalue weighted by atomic mass is 19.1. The Morgan fingerprint density at radius 3 is 2.60 bits per heavy atom. The van der Waals surface area contributed by atoms with E-state index in [2.05, 4.69) is 5.32 Å². The summed E-state index contributed by atoms with van der Waals surface area (Å²) in [6.45, 7) is 3.95. The first-order chi connectivity index (χ1) is 9.31. The molecule has 2 N–H and O–H groups in total. The zero-order valence-corrected chi connectivity index (χ0v) is 11.3. The highest BCUT2D eigenvalue weighted by molar-refractivity contribution is 5.73. The van der Waals surface area contributed by atoms with Crippen molar-refractivity contribution < 1.29 is 19.2 Å². The maximum Gasteiger partial charge on any atom is 0.320 e. The summed E-state index contributed by atoms with van der Waals surface area (Å²) in [6, 6.07) is 2.79. The van der Waals surface area contributed by atoms with E-state index in [1.807, 2.05) is 13.8 Å². The van der Waals surface area contributed by atoms with Gasteiger partial charge in [-0.25, -0.2) is 0 Å². The lowest BCUT2D eigenvalue weighted by Gasteiger charge is -2.16. The second-order valence-corrected chi connectivity index (χ2v) is 4.94. The molecular weight excluding hydrogens is 267 g/mol. The molecule has 20 heavy (non-hydrogen) atoms. The van der Waals surface area contributed by atoms with Crippen LogP contribution >= 0.6 is 0 Å². The van der Waals surface area contributed by atoms with Crippen LogP contribution in [0, 0.1) is 21.8 Å². The van der Waals surface area contributed by atoms with Crippen molar-refractivity contribution in [2.75, 3.05) is 0 Å². The molecule has 110 valence electrons. The van der Waals surface area contributed by atoms with E-state index in [9.17, 15) is 19.3 Å². The number of carboxylic acid groups (broad SMARTS) is 1. The number of nitro groups is 1. The summed E-state index contributed by atoms with van der Waals surface area (Å²) in [5, 5.41) is 22.3. The van der Waals surface area contributed by atoms with E-state index < -0.39 is 28.4 Å². The molecule has 1 atom stereocenters. The van der Waals surface area contributed by atoms with Crippen LogP contribution in [0.25, 0.3) is 0 Å². The Hall–Kier alpha value is -2.02. The Bertz CT molecular complexity index is 505. The average Bonchev–Trinajstić information content (AvgIpc) is 2.33. The SMILES string of the molecule is CC(C)CC(NCc1ccc([N+](=O)[O-])c(F)c1)C(=O)O. The van der Waals surface area contributed by atoms with Crippen LogP contribution in [0.5, 0.6) is 0 Å². The largest absolute Gasteiger partial charge is 0.480 e. The molecule has 0 aliphatic rings. The van der Waals surface area contributed by atoms with Gasteiger partial charge in [-0.3, -0.25) is 14.9 Å². The van der Waals surface area contributed by atoms with Crippen LogP contribution in [0.4, 0.5) is 10.1 Å². The van der Waals surface area contributed by atoms with Crippen LogP contribution < -0.4 is 5.32 Å². The predicted octanol–water partition coefficient (Wildman–Crippen LogP) is 2.32. The Morgan fingerprint density at radius 2 is 2.15 bits per heavy atom.